The van der Waals surface area contributed by atoms with E-state index in [4.69, 9.17) is 5.11 Å². The third-order valence-electron chi connectivity index (χ3n) is 2.43. The molecular weight excluding hydrogens is 304 g/mol. The zero-order valence-electron chi connectivity index (χ0n) is 11.3. The molecule has 1 aromatic heterocycles. The van der Waals surface area contributed by atoms with E-state index in [9.17, 15) is 9.59 Å². The molecule has 0 spiro atoms. The molecule has 0 fully saturated rings. The first-order chi connectivity index (χ1) is 10.6. The Morgan fingerprint density at radius 2 is 1.91 bits per heavy atom. The molecule has 2 N–H and O–H groups in total. The fraction of sp³-hybridized carbons (Fsp3) is 0.0714. The van der Waals surface area contributed by atoms with Crippen molar-refractivity contribution in [2.24, 2.45) is 5.10 Å². The smallest absolute Gasteiger partial charge is 0.335 e. The number of carboxylic acid groups (broad SMARTS) is 1. The second-order valence-electron chi connectivity index (χ2n) is 4.04. The fourth-order valence-corrected chi connectivity index (χ4v) is 2.01. The number of carbonyl (C=O) groups is 2. The van der Waals surface area contributed by atoms with E-state index < -0.39 is 5.97 Å². The summed E-state index contributed by atoms with van der Waals surface area (Å²) in [7, 11) is 0. The quantitative estimate of drug-likeness (QED) is 0.361. The van der Waals surface area contributed by atoms with Gasteiger partial charge in [-0.15, -0.1) is 0 Å². The number of aromatic nitrogens is 2. The summed E-state index contributed by atoms with van der Waals surface area (Å²) in [5, 5.41) is 13.1. The zero-order chi connectivity index (χ0) is 15.8. The zero-order valence-corrected chi connectivity index (χ0v) is 12.2. The van der Waals surface area contributed by atoms with Crippen LogP contribution >= 0.6 is 11.8 Å². The maximum Gasteiger partial charge on any atom is 0.335 e. The summed E-state index contributed by atoms with van der Waals surface area (Å²) in [6.45, 7) is 0. The lowest BCUT2D eigenvalue weighted by Gasteiger charge is -1.99. The number of nitrogens with one attached hydrogen (secondary N) is 1. The molecule has 1 aromatic carbocycles. The van der Waals surface area contributed by atoms with E-state index in [-0.39, 0.29) is 17.2 Å². The molecule has 0 saturated heterocycles. The number of hydrazone groups is 1. The Hall–Kier alpha value is -2.74. The average Bonchev–Trinajstić information content (AvgIpc) is 2.54. The van der Waals surface area contributed by atoms with Crippen LogP contribution in [-0.4, -0.2) is 38.9 Å². The van der Waals surface area contributed by atoms with E-state index in [0.29, 0.717) is 10.7 Å². The van der Waals surface area contributed by atoms with Crippen molar-refractivity contribution in [3.05, 3.63) is 53.9 Å². The molecule has 0 unspecified atom stereocenters. The van der Waals surface area contributed by atoms with Crippen molar-refractivity contribution in [1.29, 1.82) is 0 Å². The van der Waals surface area contributed by atoms with E-state index >= 15 is 0 Å². The molecule has 0 saturated carbocycles. The lowest BCUT2D eigenvalue weighted by Crippen LogP contribution is -2.19. The van der Waals surface area contributed by atoms with Gasteiger partial charge >= 0.3 is 5.97 Å². The lowest BCUT2D eigenvalue weighted by molar-refractivity contribution is -0.118. The lowest BCUT2D eigenvalue weighted by atomic mass is 10.1. The summed E-state index contributed by atoms with van der Waals surface area (Å²) in [4.78, 5) is 30.2. The summed E-state index contributed by atoms with van der Waals surface area (Å²) >= 11 is 1.21. The number of carboxylic acids is 1. The van der Waals surface area contributed by atoms with E-state index in [1.807, 2.05) is 0 Å². The van der Waals surface area contributed by atoms with E-state index in [0.717, 1.165) is 0 Å². The van der Waals surface area contributed by atoms with Gasteiger partial charge in [-0.3, -0.25) is 4.79 Å². The summed E-state index contributed by atoms with van der Waals surface area (Å²) in [6, 6.07) is 7.84. The highest BCUT2D eigenvalue weighted by Crippen LogP contribution is 2.09. The number of rotatable bonds is 6. The SMILES string of the molecule is O=C(CSc1ncccn1)N/N=C\c1ccc(C(=O)O)cc1. The van der Waals surface area contributed by atoms with Crippen LogP contribution in [0.15, 0.2) is 53.0 Å². The largest absolute Gasteiger partial charge is 0.478 e. The fourth-order valence-electron chi connectivity index (χ4n) is 1.41. The number of thioether (sulfide) groups is 1. The number of amides is 1. The molecule has 0 radical (unpaired) electrons. The first-order valence-corrected chi connectivity index (χ1v) is 7.19. The number of benzene rings is 1. The second kappa shape index (κ2) is 7.89. The van der Waals surface area contributed by atoms with E-state index in [1.54, 1.807) is 30.6 Å². The van der Waals surface area contributed by atoms with Crippen molar-refractivity contribution < 1.29 is 14.7 Å². The topological polar surface area (TPSA) is 105 Å². The minimum Gasteiger partial charge on any atom is -0.478 e. The molecular formula is C14H12N4O3S. The van der Waals surface area contributed by atoms with Gasteiger partial charge in [0.05, 0.1) is 17.5 Å². The van der Waals surface area contributed by atoms with Crippen molar-refractivity contribution in [2.45, 2.75) is 5.16 Å². The standard InChI is InChI=1S/C14H12N4O3S/c19-12(9-22-14-15-6-1-7-16-14)18-17-8-10-2-4-11(5-3-10)13(20)21/h1-8H,9H2,(H,18,19)(H,20,21)/b17-8-. The molecule has 2 rings (SSSR count). The average molecular weight is 316 g/mol. The normalized spacial score (nSPS) is 10.5. The second-order valence-corrected chi connectivity index (χ2v) is 4.98. The van der Waals surface area contributed by atoms with Gasteiger partial charge in [-0.1, -0.05) is 23.9 Å². The number of hydrogen-bond donors (Lipinski definition) is 2. The van der Waals surface area contributed by atoms with Crippen LogP contribution in [0.3, 0.4) is 0 Å². The molecule has 0 aliphatic rings. The highest BCUT2D eigenvalue weighted by Gasteiger charge is 2.03. The maximum absolute atomic E-state index is 11.6. The summed E-state index contributed by atoms with van der Waals surface area (Å²) in [5.41, 5.74) is 3.26. The van der Waals surface area contributed by atoms with Gasteiger partial charge in [0.2, 0.25) is 0 Å². The van der Waals surface area contributed by atoms with Crippen molar-refractivity contribution in [3.63, 3.8) is 0 Å². The first kappa shape index (κ1) is 15.6. The molecule has 8 heteroatoms. The van der Waals surface area contributed by atoms with Crippen LogP contribution in [0, 0.1) is 0 Å². The van der Waals surface area contributed by atoms with Crippen LogP contribution in [0.1, 0.15) is 15.9 Å². The number of carbonyl (C=O) groups excluding carboxylic acids is 1. The molecule has 0 aliphatic carbocycles. The molecule has 0 atom stereocenters. The van der Waals surface area contributed by atoms with Crippen molar-refractivity contribution in [3.8, 4) is 0 Å². The molecule has 0 bridgehead atoms. The Balaban J connectivity index is 1.79. The Bertz CT molecular complexity index is 674. The van der Waals surface area contributed by atoms with Crippen LogP contribution < -0.4 is 5.43 Å². The minimum absolute atomic E-state index is 0.152. The van der Waals surface area contributed by atoms with Gasteiger partial charge in [0, 0.05) is 12.4 Å². The van der Waals surface area contributed by atoms with Gasteiger partial charge in [0.25, 0.3) is 5.91 Å². The molecule has 2 aromatic rings. The third-order valence-corrected chi connectivity index (χ3v) is 3.31. The van der Waals surface area contributed by atoms with Crippen LogP contribution in [0.5, 0.6) is 0 Å². The molecule has 1 heterocycles. The van der Waals surface area contributed by atoms with Crippen LogP contribution in [-0.2, 0) is 4.79 Å². The Labute approximate surface area is 130 Å². The molecule has 22 heavy (non-hydrogen) atoms. The van der Waals surface area contributed by atoms with Gasteiger partial charge < -0.3 is 5.11 Å². The van der Waals surface area contributed by atoms with Crippen molar-refractivity contribution in [1.82, 2.24) is 15.4 Å². The first-order valence-electron chi connectivity index (χ1n) is 6.20. The van der Waals surface area contributed by atoms with Crippen LogP contribution in [0.25, 0.3) is 0 Å². The van der Waals surface area contributed by atoms with E-state index in [1.165, 1.54) is 30.1 Å². The third kappa shape index (κ3) is 4.98. The molecule has 112 valence electrons. The molecule has 7 nitrogen and oxygen atoms in total. The number of aromatic carboxylic acids is 1. The monoisotopic (exact) mass is 316 g/mol. The van der Waals surface area contributed by atoms with Gasteiger partial charge in [0.1, 0.15) is 0 Å². The van der Waals surface area contributed by atoms with Crippen LogP contribution in [0.2, 0.25) is 0 Å². The van der Waals surface area contributed by atoms with Crippen molar-refractivity contribution >= 4 is 29.9 Å². The maximum atomic E-state index is 11.6. The highest BCUT2D eigenvalue weighted by molar-refractivity contribution is 7.99. The van der Waals surface area contributed by atoms with Gasteiger partial charge in [-0.25, -0.2) is 20.2 Å². The predicted octanol–water partition coefficient (Wildman–Crippen LogP) is 1.42. The Kier molecular flexibility index (Phi) is 5.61. The van der Waals surface area contributed by atoms with Gasteiger partial charge in [-0.2, -0.15) is 5.10 Å². The predicted molar refractivity (Wildman–Crippen MR) is 81.9 cm³/mol. The molecule has 0 aliphatic heterocycles. The van der Waals surface area contributed by atoms with Gasteiger partial charge in [0.15, 0.2) is 5.16 Å². The number of hydrogen-bond acceptors (Lipinski definition) is 6. The Morgan fingerprint density at radius 3 is 2.55 bits per heavy atom. The van der Waals surface area contributed by atoms with Gasteiger partial charge in [-0.05, 0) is 23.8 Å². The Morgan fingerprint density at radius 1 is 1.23 bits per heavy atom. The summed E-state index contributed by atoms with van der Waals surface area (Å²) in [6.07, 6.45) is 4.64. The number of nitrogens with zero attached hydrogens (tertiary/aromatic N) is 3. The van der Waals surface area contributed by atoms with Crippen molar-refractivity contribution in [2.75, 3.05) is 5.75 Å². The molecule has 1 amide bonds. The highest BCUT2D eigenvalue weighted by atomic mass is 32.2. The minimum atomic E-state index is -0.989. The summed E-state index contributed by atoms with van der Waals surface area (Å²) in [5.74, 6) is -1.12. The van der Waals surface area contributed by atoms with Crippen LogP contribution in [0.4, 0.5) is 0 Å². The van der Waals surface area contributed by atoms with E-state index in [2.05, 4.69) is 20.5 Å². The summed E-state index contributed by atoms with van der Waals surface area (Å²) < 4.78 is 0.